The largest absolute Gasteiger partial charge is 0.504 e. The highest BCUT2D eigenvalue weighted by molar-refractivity contribution is 7.99. The van der Waals surface area contributed by atoms with E-state index in [1.807, 2.05) is 25.3 Å². The molecule has 1 aromatic heterocycles. The zero-order valence-corrected chi connectivity index (χ0v) is 15.7. The molecule has 3 rings (SSSR count). The third kappa shape index (κ3) is 3.37. The third-order valence-electron chi connectivity index (χ3n) is 4.39. The van der Waals surface area contributed by atoms with Gasteiger partial charge >= 0.3 is 0 Å². The number of ether oxygens (including phenoxy) is 1. The molecule has 0 aliphatic carbocycles. The van der Waals surface area contributed by atoms with E-state index in [4.69, 9.17) is 14.9 Å². The number of rotatable bonds is 6. The van der Waals surface area contributed by atoms with Crippen molar-refractivity contribution in [2.45, 2.75) is 24.2 Å². The molecule has 1 atom stereocenters. The first kappa shape index (κ1) is 18.2. The second-order valence-electron chi connectivity index (χ2n) is 6.18. The summed E-state index contributed by atoms with van der Waals surface area (Å²) in [5, 5.41) is 10.8. The number of nitrogens with two attached hydrogens (primary N) is 1. The molecule has 0 saturated carbocycles. The summed E-state index contributed by atoms with van der Waals surface area (Å²) in [5.41, 5.74) is 7.96. The Kier molecular flexibility index (Phi) is 5.13. The van der Waals surface area contributed by atoms with Crippen LogP contribution in [0, 0.1) is 0 Å². The van der Waals surface area contributed by atoms with Crippen LogP contribution in [0.2, 0.25) is 0 Å². The van der Waals surface area contributed by atoms with Gasteiger partial charge in [0.15, 0.2) is 11.5 Å². The van der Waals surface area contributed by atoms with Crippen LogP contribution in [-0.4, -0.2) is 24.4 Å². The Labute approximate surface area is 156 Å². The SMILES string of the molecule is COc1cc(-c2oc3ccc(C(C)CC(N)=O)cc3c2SC)ccc1O. The molecule has 0 aliphatic heterocycles. The molecule has 0 radical (unpaired) electrons. The van der Waals surface area contributed by atoms with E-state index >= 15 is 0 Å². The predicted octanol–water partition coefficient (Wildman–Crippen LogP) is 4.51. The van der Waals surface area contributed by atoms with Gasteiger partial charge in [-0.2, -0.15) is 0 Å². The Balaban J connectivity index is 2.11. The minimum atomic E-state index is -0.313. The quantitative estimate of drug-likeness (QED) is 0.623. The molecular formula is C20H21NO4S. The lowest BCUT2D eigenvalue weighted by atomic mass is 9.96. The number of primary amides is 1. The van der Waals surface area contributed by atoms with E-state index < -0.39 is 0 Å². The molecule has 1 unspecified atom stereocenters. The highest BCUT2D eigenvalue weighted by atomic mass is 32.2. The summed E-state index contributed by atoms with van der Waals surface area (Å²) < 4.78 is 11.3. The van der Waals surface area contributed by atoms with E-state index in [-0.39, 0.29) is 17.6 Å². The van der Waals surface area contributed by atoms with Crippen LogP contribution >= 0.6 is 11.8 Å². The number of phenols is 1. The molecule has 0 bridgehead atoms. The van der Waals surface area contributed by atoms with E-state index in [0.717, 1.165) is 32.8 Å². The van der Waals surface area contributed by atoms with Crippen LogP contribution in [0.15, 0.2) is 45.7 Å². The summed E-state index contributed by atoms with van der Waals surface area (Å²) in [6.07, 6.45) is 2.30. The molecule has 0 saturated heterocycles. The Bertz CT molecular complexity index is 964. The molecule has 1 amide bonds. The molecule has 5 nitrogen and oxygen atoms in total. The summed E-state index contributed by atoms with van der Waals surface area (Å²) in [6.45, 7) is 1.98. The Morgan fingerprint density at radius 2 is 2.08 bits per heavy atom. The van der Waals surface area contributed by atoms with Gasteiger partial charge in [-0.1, -0.05) is 13.0 Å². The number of aromatic hydroxyl groups is 1. The van der Waals surface area contributed by atoms with E-state index in [0.29, 0.717) is 12.2 Å². The number of carbonyl (C=O) groups excluding carboxylic acids is 1. The Morgan fingerprint density at radius 1 is 1.31 bits per heavy atom. The van der Waals surface area contributed by atoms with Gasteiger partial charge in [-0.25, -0.2) is 0 Å². The zero-order chi connectivity index (χ0) is 18.8. The van der Waals surface area contributed by atoms with E-state index in [1.54, 1.807) is 30.0 Å². The summed E-state index contributed by atoms with van der Waals surface area (Å²) in [6, 6.07) is 11.1. The molecule has 0 aliphatic rings. The standard InChI is InChI=1S/C20H21NO4S/c1-11(8-18(21)23)12-5-7-16-14(9-12)20(26-3)19(25-16)13-4-6-15(22)17(10-13)24-2/h4-7,9-11,22H,8H2,1-3H3,(H2,21,23). The second kappa shape index (κ2) is 7.33. The van der Waals surface area contributed by atoms with Crippen LogP contribution in [0.4, 0.5) is 0 Å². The fraction of sp³-hybridized carbons (Fsp3) is 0.250. The average molecular weight is 371 g/mol. The Hall–Kier alpha value is -2.60. The van der Waals surface area contributed by atoms with Crippen LogP contribution in [0.3, 0.4) is 0 Å². The number of phenolic OH excluding ortho intramolecular Hbond substituents is 1. The van der Waals surface area contributed by atoms with Gasteiger partial charge in [-0.05, 0) is 48.1 Å². The lowest BCUT2D eigenvalue weighted by Gasteiger charge is -2.09. The molecule has 26 heavy (non-hydrogen) atoms. The number of amides is 1. The molecule has 0 fully saturated rings. The maximum Gasteiger partial charge on any atom is 0.218 e. The maximum atomic E-state index is 11.2. The smallest absolute Gasteiger partial charge is 0.218 e. The monoisotopic (exact) mass is 371 g/mol. The van der Waals surface area contributed by atoms with Crippen molar-refractivity contribution in [2.75, 3.05) is 13.4 Å². The van der Waals surface area contributed by atoms with Crippen LogP contribution in [0.5, 0.6) is 11.5 Å². The number of hydrogen-bond donors (Lipinski definition) is 2. The number of fused-ring (bicyclic) bond motifs is 1. The number of hydrogen-bond acceptors (Lipinski definition) is 5. The topological polar surface area (TPSA) is 85.7 Å². The van der Waals surface area contributed by atoms with Crippen molar-refractivity contribution in [3.05, 3.63) is 42.0 Å². The van der Waals surface area contributed by atoms with Crippen LogP contribution < -0.4 is 10.5 Å². The van der Waals surface area contributed by atoms with E-state index in [9.17, 15) is 9.90 Å². The van der Waals surface area contributed by atoms with Gasteiger partial charge in [0.05, 0.1) is 12.0 Å². The van der Waals surface area contributed by atoms with Gasteiger partial charge < -0.3 is 20.0 Å². The molecule has 2 aromatic carbocycles. The summed E-state index contributed by atoms with van der Waals surface area (Å²) in [5.74, 6) is 0.933. The van der Waals surface area contributed by atoms with Crippen LogP contribution in [0.25, 0.3) is 22.3 Å². The molecule has 3 aromatic rings. The van der Waals surface area contributed by atoms with E-state index in [1.165, 1.54) is 7.11 Å². The molecule has 6 heteroatoms. The summed E-state index contributed by atoms with van der Waals surface area (Å²) >= 11 is 1.59. The molecule has 0 spiro atoms. The highest BCUT2D eigenvalue weighted by Crippen LogP contribution is 2.42. The number of thioether (sulfide) groups is 1. The first-order valence-corrected chi connectivity index (χ1v) is 9.43. The van der Waals surface area contributed by atoms with Crippen molar-refractivity contribution in [3.8, 4) is 22.8 Å². The normalized spacial score (nSPS) is 12.3. The third-order valence-corrected chi connectivity index (χ3v) is 5.20. The highest BCUT2D eigenvalue weighted by Gasteiger charge is 2.18. The fourth-order valence-electron chi connectivity index (χ4n) is 3.03. The van der Waals surface area contributed by atoms with Crippen molar-refractivity contribution >= 4 is 28.6 Å². The van der Waals surface area contributed by atoms with Crippen LogP contribution in [0.1, 0.15) is 24.8 Å². The predicted molar refractivity (Wildman–Crippen MR) is 104 cm³/mol. The lowest BCUT2D eigenvalue weighted by Crippen LogP contribution is -2.13. The van der Waals surface area contributed by atoms with Crippen LogP contribution in [-0.2, 0) is 4.79 Å². The minimum absolute atomic E-state index is 0.0405. The van der Waals surface area contributed by atoms with E-state index in [2.05, 4.69) is 6.07 Å². The van der Waals surface area contributed by atoms with Crippen molar-refractivity contribution in [3.63, 3.8) is 0 Å². The maximum absolute atomic E-state index is 11.2. The number of furan rings is 1. The van der Waals surface area contributed by atoms with Gasteiger partial charge in [0.25, 0.3) is 0 Å². The second-order valence-corrected chi connectivity index (χ2v) is 6.99. The minimum Gasteiger partial charge on any atom is -0.504 e. The summed E-state index contributed by atoms with van der Waals surface area (Å²) in [4.78, 5) is 12.2. The van der Waals surface area contributed by atoms with Gasteiger partial charge in [0, 0.05) is 17.4 Å². The molecule has 1 heterocycles. The Morgan fingerprint density at radius 3 is 2.73 bits per heavy atom. The molecule has 136 valence electrons. The van der Waals surface area contributed by atoms with Gasteiger partial charge in [-0.3, -0.25) is 4.79 Å². The van der Waals surface area contributed by atoms with Gasteiger partial charge in [0.2, 0.25) is 5.91 Å². The molecular weight excluding hydrogens is 350 g/mol. The average Bonchev–Trinajstić information content (AvgIpc) is 2.99. The fourth-order valence-corrected chi connectivity index (χ4v) is 3.75. The number of carbonyl (C=O) groups is 1. The van der Waals surface area contributed by atoms with Crippen molar-refractivity contribution in [1.29, 1.82) is 0 Å². The summed E-state index contributed by atoms with van der Waals surface area (Å²) in [7, 11) is 1.51. The number of benzene rings is 2. The van der Waals surface area contributed by atoms with Crippen molar-refractivity contribution < 1.29 is 19.1 Å². The lowest BCUT2D eigenvalue weighted by molar-refractivity contribution is -0.118. The zero-order valence-electron chi connectivity index (χ0n) is 14.9. The molecule has 3 N–H and O–H groups in total. The first-order chi connectivity index (χ1) is 12.4. The number of methoxy groups -OCH3 is 1. The first-order valence-electron chi connectivity index (χ1n) is 8.20. The van der Waals surface area contributed by atoms with Gasteiger partial charge in [0.1, 0.15) is 11.3 Å². The van der Waals surface area contributed by atoms with Gasteiger partial charge in [-0.15, -0.1) is 11.8 Å². The van der Waals surface area contributed by atoms with Crippen molar-refractivity contribution in [2.24, 2.45) is 5.73 Å². The van der Waals surface area contributed by atoms with Crippen molar-refractivity contribution in [1.82, 2.24) is 0 Å².